The number of rotatable bonds is 11. The van der Waals surface area contributed by atoms with E-state index < -0.39 is 37.6 Å². The van der Waals surface area contributed by atoms with Crippen LogP contribution in [0.2, 0.25) is 0 Å². The molecule has 0 unspecified atom stereocenters. The Morgan fingerprint density at radius 1 is 0.765 bits per heavy atom. The van der Waals surface area contributed by atoms with E-state index in [0.717, 1.165) is 31.8 Å². The van der Waals surface area contributed by atoms with Crippen molar-refractivity contribution < 1.29 is 10.3 Å². The Hall–Kier alpha value is -3.29. The summed E-state index contributed by atoms with van der Waals surface area (Å²) in [6.07, 6.45) is 3.94. The number of carbonyl (C=O) groups excluding carboxylic acids is 1. The van der Waals surface area contributed by atoms with E-state index >= 15 is 0 Å². The summed E-state index contributed by atoms with van der Waals surface area (Å²) in [5.74, 6) is -0.580. The fraction of sp³-hybridized carbons (Fsp3) is 0.200. The van der Waals surface area contributed by atoms with Gasteiger partial charge >= 0.3 is 0 Å². The molecule has 172 valence electrons. The summed E-state index contributed by atoms with van der Waals surface area (Å²) in [5, 5.41) is 6.89. The summed E-state index contributed by atoms with van der Waals surface area (Å²) in [7, 11) is -1.84. The average molecular weight is 472 g/mol. The molecule has 0 spiro atoms. The van der Waals surface area contributed by atoms with Crippen LogP contribution in [0.25, 0.3) is 0 Å². The van der Waals surface area contributed by atoms with Crippen molar-refractivity contribution in [2.45, 2.75) is 25.7 Å². The molecule has 0 bridgehead atoms. The first-order chi connectivity index (χ1) is 18.4. The molecule has 0 radical (unpaired) electrons. The molecule has 0 saturated heterocycles. The third-order valence-corrected chi connectivity index (χ3v) is 10.5. The van der Waals surface area contributed by atoms with E-state index in [1.165, 1.54) is 15.9 Å². The normalized spacial score (nSPS) is 12.8. The van der Waals surface area contributed by atoms with Crippen LogP contribution in [0.5, 0.6) is 0 Å². The monoisotopic (exact) mass is 471 g/mol. The lowest BCUT2D eigenvalue weighted by molar-refractivity contribution is 0.0952. The Morgan fingerprint density at radius 2 is 1.29 bits per heavy atom. The largest absolute Gasteiger partial charge is 0.352 e. The topological polar surface area (TPSA) is 42.0 Å². The Kier molecular flexibility index (Phi) is 6.87. The van der Waals surface area contributed by atoms with Crippen molar-refractivity contribution in [3.8, 4) is 0 Å². The molecule has 1 N–H and O–H groups in total. The second-order valence-electron chi connectivity index (χ2n) is 8.17. The zero-order chi connectivity index (χ0) is 27.0. The first-order valence-electron chi connectivity index (χ1n) is 13.7. The van der Waals surface area contributed by atoms with Gasteiger partial charge in [-0.3, -0.25) is 9.78 Å². The molecular weight excluding hydrogens is 435 g/mol. The Labute approximate surface area is 209 Å². The van der Waals surface area contributed by atoms with Gasteiger partial charge in [0.05, 0.1) is 17.2 Å². The molecule has 0 atom stereocenters. The molecule has 1 aromatic heterocycles. The van der Waals surface area contributed by atoms with Crippen LogP contribution in [0.4, 0.5) is 0 Å². The molecule has 3 aromatic carbocycles. The first-order valence-corrected chi connectivity index (χ1v) is 13.7. The Morgan fingerprint density at radius 3 is 1.85 bits per heavy atom. The molecular formula is C30H32N2OP+. The minimum absolute atomic E-state index is 0.242. The van der Waals surface area contributed by atoms with Crippen LogP contribution in [0.15, 0.2) is 115 Å². The lowest BCUT2D eigenvalue weighted by Crippen LogP contribution is -2.33. The molecule has 0 saturated carbocycles. The van der Waals surface area contributed by atoms with Gasteiger partial charge in [-0.15, -0.1) is 0 Å². The van der Waals surface area contributed by atoms with E-state index in [1.54, 1.807) is 0 Å². The van der Waals surface area contributed by atoms with Crippen LogP contribution in [0, 0.1) is 0 Å². The van der Waals surface area contributed by atoms with Gasteiger partial charge in [-0.2, -0.15) is 0 Å². The second-order valence-corrected chi connectivity index (χ2v) is 11.8. The highest BCUT2D eigenvalue weighted by Crippen LogP contribution is 2.55. The number of unbranched alkanes of at least 4 members (excludes halogenated alkanes) is 3. The van der Waals surface area contributed by atoms with Gasteiger partial charge in [0.1, 0.15) is 23.2 Å². The maximum absolute atomic E-state index is 12.5. The van der Waals surface area contributed by atoms with Gasteiger partial charge in [-0.25, -0.2) is 0 Å². The Balaban J connectivity index is 1.41. The molecule has 3 nitrogen and oxygen atoms in total. The predicted octanol–water partition coefficient (Wildman–Crippen LogP) is 5.37. The number of hydrogen-bond acceptors (Lipinski definition) is 2. The fourth-order valence-electron chi connectivity index (χ4n) is 4.34. The van der Waals surface area contributed by atoms with Crippen molar-refractivity contribution in [3.63, 3.8) is 0 Å². The zero-order valence-corrected chi connectivity index (χ0v) is 20.1. The number of benzene rings is 3. The van der Waals surface area contributed by atoms with Gasteiger partial charge in [0.2, 0.25) is 0 Å². The van der Waals surface area contributed by atoms with Gasteiger partial charge in [0, 0.05) is 18.9 Å². The number of hydrogen-bond donors (Lipinski definition) is 1. The van der Waals surface area contributed by atoms with E-state index in [4.69, 9.17) is 5.48 Å². The molecule has 0 aliphatic rings. The lowest BCUT2D eigenvalue weighted by Gasteiger charge is -2.27. The molecule has 0 aliphatic carbocycles. The molecule has 4 aromatic rings. The van der Waals surface area contributed by atoms with Crippen LogP contribution in [0.1, 0.15) is 41.5 Å². The number of amides is 1. The van der Waals surface area contributed by atoms with Crippen molar-refractivity contribution in [2.75, 3.05) is 12.7 Å². The summed E-state index contributed by atoms with van der Waals surface area (Å²) in [6, 6.07) is 31.6. The van der Waals surface area contributed by atoms with Gasteiger partial charge in [-0.1, -0.05) is 61.0 Å². The summed E-state index contributed by atoms with van der Waals surface area (Å²) in [6.45, 7) is 0.421. The average Bonchev–Trinajstić information content (AvgIpc) is 2.95. The summed E-state index contributed by atoms with van der Waals surface area (Å²) in [5.41, 5.74) is -0.242. The van der Waals surface area contributed by atoms with Crippen LogP contribution in [-0.4, -0.2) is 23.6 Å². The van der Waals surface area contributed by atoms with Crippen molar-refractivity contribution >= 4 is 29.1 Å². The van der Waals surface area contributed by atoms with Crippen molar-refractivity contribution in [1.29, 1.82) is 0 Å². The van der Waals surface area contributed by atoms with E-state index in [0.29, 0.717) is 6.54 Å². The molecule has 4 heteroatoms. The third kappa shape index (κ3) is 5.79. The summed E-state index contributed by atoms with van der Waals surface area (Å²) >= 11 is 0. The minimum Gasteiger partial charge on any atom is -0.352 e. The van der Waals surface area contributed by atoms with Crippen LogP contribution < -0.4 is 21.2 Å². The number of carbonyl (C=O) groups is 1. The maximum Gasteiger partial charge on any atom is 0.252 e. The van der Waals surface area contributed by atoms with Crippen LogP contribution in [-0.2, 0) is 0 Å². The molecule has 34 heavy (non-hydrogen) atoms. The van der Waals surface area contributed by atoms with Gasteiger partial charge < -0.3 is 5.32 Å². The van der Waals surface area contributed by atoms with Crippen molar-refractivity contribution in [1.82, 2.24) is 10.3 Å². The first kappa shape index (κ1) is 19.1. The minimum atomic E-state index is -1.84. The zero-order valence-electron chi connectivity index (χ0n) is 23.2. The quantitative estimate of drug-likeness (QED) is 0.236. The maximum atomic E-state index is 12.5. The lowest BCUT2D eigenvalue weighted by atomic mass is 10.2. The molecule has 4 rings (SSSR count). The van der Waals surface area contributed by atoms with Crippen LogP contribution in [0.3, 0.4) is 0 Å². The Bertz CT molecular complexity index is 1260. The van der Waals surface area contributed by atoms with E-state index in [-0.39, 0.29) is 5.56 Å². The predicted molar refractivity (Wildman–Crippen MR) is 145 cm³/mol. The van der Waals surface area contributed by atoms with Gasteiger partial charge in [-0.05, 0) is 67.7 Å². The molecule has 0 aliphatic heterocycles. The number of nitrogens with zero attached hydrogens (tertiary/aromatic N) is 1. The van der Waals surface area contributed by atoms with E-state index in [2.05, 4.69) is 101 Å². The molecule has 1 amide bonds. The standard InChI is InChI=1S/C30H31N2OP/c33-30(26-15-14-22-31-25-26)32-23-12-1-2-13-24-34(27-16-6-3-7-17-27,28-18-8-4-9-19-28)29-20-10-5-11-21-29/h3-11,14-22,25H,1-2,12-13,23-24H2/p+1/i14D,15D,22D,25D. The fourth-order valence-corrected chi connectivity index (χ4v) is 8.75. The van der Waals surface area contributed by atoms with Crippen LogP contribution >= 0.6 is 7.26 Å². The van der Waals surface area contributed by atoms with E-state index in [1.807, 2.05) is 0 Å². The number of pyridine rings is 1. The number of nitrogens with one attached hydrogen (secondary N) is 1. The smallest absolute Gasteiger partial charge is 0.252 e. The number of aromatic nitrogens is 1. The molecule has 1 heterocycles. The third-order valence-electron chi connectivity index (χ3n) is 5.99. The van der Waals surface area contributed by atoms with Gasteiger partial charge in [0.15, 0.2) is 0 Å². The van der Waals surface area contributed by atoms with Crippen molar-refractivity contribution in [3.05, 3.63) is 121 Å². The SMILES string of the molecule is [2H]c1nc([2H])c(C(=O)NCCCCCC[P+](c2ccccc2)(c2ccccc2)c2ccccc2)c([2H])c1[2H]. The molecule has 0 fully saturated rings. The summed E-state index contributed by atoms with van der Waals surface area (Å²) < 4.78 is 31.0. The van der Waals surface area contributed by atoms with E-state index in [9.17, 15) is 4.79 Å². The second kappa shape index (κ2) is 12.3. The van der Waals surface area contributed by atoms with Gasteiger partial charge in [0.25, 0.3) is 5.91 Å². The van der Waals surface area contributed by atoms with Crippen molar-refractivity contribution in [2.24, 2.45) is 0 Å². The highest BCUT2D eigenvalue weighted by atomic mass is 31.2. The summed E-state index contributed by atoms with van der Waals surface area (Å²) in [4.78, 5) is 16.1. The highest BCUT2D eigenvalue weighted by molar-refractivity contribution is 7.95. The highest BCUT2D eigenvalue weighted by Gasteiger charge is 2.44.